The minimum absolute atomic E-state index is 0.218. The van der Waals surface area contributed by atoms with Crippen molar-refractivity contribution in [1.29, 1.82) is 0 Å². The van der Waals surface area contributed by atoms with Gasteiger partial charge in [-0.1, -0.05) is 6.92 Å². The Bertz CT molecular complexity index is 521. The lowest BCUT2D eigenvalue weighted by atomic mass is 9.54. The highest BCUT2D eigenvalue weighted by Crippen LogP contribution is 2.58. The largest absolute Gasteiger partial charge is 0.476 e. The van der Waals surface area contributed by atoms with Gasteiger partial charge in [0.1, 0.15) is 0 Å². The summed E-state index contributed by atoms with van der Waals surface area (Å²) in [5, 5.41) is 13.6. The molecular weight excluding hydrogens is 252 g/mol. The Balaban J connectivity index is 1.72. The van der Waals surface area contributed by atoms with Crippen LogP contribution < -0.4 is 0 Å². The summed E-state index contributed by atoms with van der Waals surface area (Å²) in [5.41, 5.74) is 1.32. The first-order chi connectivity index (χ1) is 9.65. The molecule has 4 nitrogen and oxygen atoms in total. The number of carbonyl (C=O) groups is 1. The average Bonchev–Trinajstić information content (AvgIpc) is 2.81. The minimum atomic E-state index is -0.901. The van der Waals surface area contributed by atoms with Gasteiger partial charge >= 0.3 is 5.97 Å². The highest BCUT2D eigenvalue weighted by Gasteiger charge is 2.49. The molecule has 4 fully saturated rings. The zero-order valence-corrected chi connectivity index (χ0v) is 12.0. The van der Waals surface area contributed by atoms with Gasteiger partial charge in [0.25, 0.3) is 0 Å². The first-order valence-electron chi connectivity index (χ1n) is 7.97. The molecule has 4 bridgehead atoms. The molecule has 5 rings (SSSR count). The molecule has 1 aromatic rings. The van der Waals surface area contributed by atoms with Crippen molar-refractivity contribution in [1.82, 2.24) is 9.78 Å². The number of aromatic nitrogens is 2. The van der Waals surface area contributed by atoms with E-state index in [2.05, 4.69) is 16.7 Å². The SMILES string of the molecule is CCc1cc(C(=O)O)nn1C1C2CC3CC(C2)CC1C3. The Hall–Kier alpha value is -1.32. The van der Waals surface area contributed by atoms with Crippen LogP contribution in [0.25, 0.3) is 0 Å². The number of aryl methyl sites for hydroxylation is 1. The third-order valence-electron chi connectivity index (χ3n) is 5.85. The Morgan fingerprint density at radius 3 is 2.35 bits per heavy atom. The van der Waals surface area contributed by atoms with Crippen molar-refractivity contribution in [2.75, 3.05) is 0 Å². The maximum atomic E-state index is 11.2. The molecule has 4 aliphatic carbocycles. The molecule has 0 aliphatic heterocycles. The van der Waals surface area contributed by atoms with Crippen LogP contribution in [0.15, 0.2) is 6.07 Å². The van der Waals surface area contributed by atoms with Crippen LogP contribution >= 0.6 is 0 Å². The average molecular weight is 274 g/mol. The summed E-state index contributed by atoms with van der Waals surface area (Å²) in [6, 6.07) is 2.23. The van der Waals surface area contributed by atoms with E-state index in [0.717, 1.165) is 35.8 Å². The van der Waals surface area contributed by atoms with Gasteiger partial charge in [-0.05, 0) is 68.3 Å². The maximum absolute atomic E-state index is 11.2. The van der Waals surface area contributed by atoms with E-state index in [1.807, 2.05) is 0 Å². The lowest BCUT2D eigenvalue weighted by Crippen LogP contribution is -2.46. The predicted molar refractivity (Wildman–Crippen MR) is 74.6 cm³/mol. The number of carboxylic acids is 1. The molecule has 20 heavy (non-hydrogen) atoms. The van der Waals surface area contributed by atoms with E-state index in [4.69, 9.17) is 0 Å². The molecule has 0 spiro atoms. The van der Waals surface area contributed by atoms with Crippen LogP contribution in [0.4, 0.5) is 0 Å². The lowest BCUT2D eigenvalue weighted by Gasteiger charge is -2.54. The van der Waals surface area contributed by atoms with Crippen LogP contribution in [0.1, 0.15) is 61.3 Å². The topological polar surface area (TPSA) is 55.1 Å². The van der Waals surface area contributed by atoms with E-state index >= 15 is 0 Å². The summed E-state index contributed by atoms with van der Waals surface area (Å²) in [5.74, 6) is 2.44. The second-order valence-corrected chi connectivity index (χ2v) is 7.05. The summed E-state index contributed by atoms with van der Waals surface area (Å²) < 4.78 is 2.09. The van der Waals surface area contributed by atoms with E-state index in [-0.39, 0.29) is 5.69 Å². The molecular formula is C16H22N2O2. The predicted octanol–water partition coefficient (Wildman–Crippen LogP) is 3.14. The molecule has 0 aromatic carbocycles. The number of nitrogens with zero attached hydrogens (tertiary/aromatic N) is 2. The van der Waals surface area contributed by atoms with Crippen molar-refractivity contribution in [3.05, 3.63) is 17.5 Å². The molecule has 4 saturated carbocycles. The van der Waals surface area contributed by atoms with Crippen molar-refractivity contribution in [3.63, 3.8) is 0 Å². The molecule has 1 N–H and O–H groups in total. The summed E-state index contributed by atoms with van der Waals surface area (Å²) in [7, 11) is 0. The molecule has 0 amide bonds. The molecule has 0 radical (unpaired) electrons. The number of hydrogen-bond acceptors (Lipinski definition) is 2. The maximum Gasteiger partial charge on any atom is 0.356 e. The number of carboxylic acid groups (broad SMARTS) is 1. The monoisotopic (exact) mass is 274 g/mol. The smallest absolute Gasteiger partial charge is 0.356 e. The van der Waals surface area contributed by atoms with Crippen LogP contribution in [-0.4, -0.2) is 20.9 Å². The molecule has 4 heteroatoms. The highest BCUT2D eigenvalue weighted by molar-refractivity contribution is 5.85. The summed E-state index contributed by atoms with van der Waals surface area (Å²) in [4.78, 5) is 11.2. The fraction of sp³-hybridized carbons (Fsp3) is 0.750. The zero-order valence-electron chi connectivity index (χ0n) is 12.0. The van der Waals surface area contributed by atoms with Crippen LogP contribution in [0, 0.1) is 23.7 Å². The molecule has 108 valence electrons. The van der Waals surface area contributed by atoms with Gasteiger partial charge in [0.05, 0.1) is 6.04 Å². The molecule has 0 atom stereocenters. The van der Waals surface area contributed by atoms with Gasteiger partial charge < -0.3 is 5.11 Å². The van der Waals surface area contributed by atoms with Crippen molar-refractivity contribution >= 4 is 5.97 Å². The zero-order chi connectivity index (χ0) is 13.9. The Labute approximate surface area is 119 Å². The summed E-state index contributed by atoms with van der Waals surface area (Å²) in [6.45, 7) is 2.09. The van der Waals surface area contributed by atoms with Crippen molar-refractivity contribution in [2.45, 2.75) is 51.5 Å². The van der Waals surface area contributed by atoms with E-state index in [1.54, 1.807) is 6.07 Å². The van der Waals surface area contributed by atoms with Crippen molar-refractivity contribution < 1.29 is 9.90 Å². The van der Waals surface area contributed by atoms with Gasteiger partial charge in [-0.2, -0.15) is 5.10 Å². The highest BCUT2D eigenvalue weighted by atomic mass is 16.4. The molecule has 0 unspecified atom stereocenters. The lowest BCUT2D eigenvalue weighted by molar-refractivity contribution is -0.0347. The molecule has 4 aliphatic rings. The van der Waals surface area contributed by atoms with Gasteiger partial charge in [0.15, 0.2) is 5.69 Å². The van der Waals surface area contributed by atoms with E-state index in [0.29, 0.717) is 6.04 Å². The number of hydrogen-bond donors (Lipinski definition) is 1. The quantitative estimate of drug-likeness (QED) is 0.921. The van der Waals surface area contributed by atoms with Crippen molar-refractivity contribution in [2.24, 2.45) is 23.7 Å². The fourth-order valence-electron chi connectivity index (χ4n) is 5.36. The molecule has 0 saturated heterocycles. The second-order valence-electron chi connectivity index (χ2n) is 7.05. The van der Waals surface area contributed by atoms with Crippen LogP contribution in [0.2, 0.25) is 0 Å². The van der Waals surface area contributed by atoms with Gasteiger partial charge in [0, 0.05) is 5.69 Å². The van der Waals surface area contributed by atoms with Crippen LogP contribution in [0.5, 0.6) is 0 Å². The van der Waals surface area contributed by atoms with Crippen LogP contribution in [-0.2, 0) is 6.42 Å². The van der Waals surface area contributed by atoms with Gasteiger partial charge in [0.2, 0.25) is 0 Å². The Morgan fingerprint density at radius 2 is 1.85 bits per heavy atom. The van der Waals surface area contributed by atoms with Gasteiger partial charge in [-0.25, -0.2) is 4.79 Å². The molecule has 1 heterocycles. The summed E-state index contributed by atoms with van der Waals surface area (Å²) in [6.07, 6.45) is 7.65. The number of aromatic carboxylic acids is 1. The van der Waals surface area contributed by atoms with E-state index < -0.39 is 5.97 Å². The first kappa shape index (κ1) is 12.4. The van der Waals surface area contributed by atoms with E-state index in [1.165, 1.54) is 32.1 Å². The minimum Gasteiger partial charge on any atom is -0.476 e. The van der Waals surface area contributed by atoms with E-state index in [9.17, 15) is 9.90 Å². The standard InChI is InChI=1S/C16H22N2O2/c1-2-13-8-14(16(19)20)17-18(13)15-11-4-9-3-10(6-11)7-12(15)5-9/h8-12,15H,2-7H2,1H3,(H,19,20). The van der Waals surface area contributed by atoms with Crippen LogP contribution in [0.3, 0.4) is 0 Å². The van der Waals surface area contributed by atoms with Crippen molar-refractivity contribution in [3.8, 4) is 0 Å². The second kappa shape index (κ2) is 4.34. The summed E-state index contributed by atoms with van der Waals surface area (Å²) >= 11 is 0. The normalized spacial score (nSPS) is 38.4. The van der Waals surface area contributed by atoms with Gasteiger partial charge in [-0.15, -0.1) is 0 Å². The fourth-order valence-corrected chi connectivity index (χ4v) is 5.36. The van der Waals surface area contributed by atoms with Gasteiger partial charge in [-0.3, -0.25) is 4.68 Å². The Morgan fingerprint density at radius 1 is 1.25 bits per heavy atom. The molecule has 1 aromatic heterocycles. The first-order valence-corrected chi connectivity index (χ1v) is 7.97. The Kier molecular flexibility index (Phi) is 2.69. The third-order valence-corrected chi connectivity index (χ3v) is 5.85. The number of rotatable bonds is 3. The third kappa shape index (κ3) is 1.73.